The molecule has 1 heterocycles. The van der Waals surface area contributed by atoms with E-state index in [0.717, 1.165) is 0 Å². The summed E-state index contributed by atoms with van der Waals surface area (Å²) < 4.78 is 30.1. The number of hydrogen-bond acceptors (Lipinski definition) is 2. The van der Waals surface area contributed by atoms with Crippen molar-refractivity contribution in [3.63, 3.8) is 0 Å². The van der Waals surface area contributed by atoms with Gasteiger partial charge < -0.3 is 10.1 Å². The summed E-state index contributed by atoms with van der Waals surface area (Å²) in [5, 5.41) is 3.01. The molecule has 14 heavy (non-hydrogen) atoms. The lowest BCUT2D eigenvalue weighted by atomic mass is 10.1. The van der Waals surface area contributed by atoms with Crippen LogP contribution in [-0.2, 0) is 0 Å². The molecule has 0 saturated heterocycles. The molecule has 0 aliphatic carbocycles. The van der Waals surface area contributed by atoms with E-state index in [1.807, 2.05) is 0 Å². The molecule has 0 spiro atoms. The Labute approximate surface area is 84.8 Å². The molecule has 0 amide bonds. The van der Waals surface area contributed by atoms with Gasteiger partial charge in [-0.05, 0) is 6.07 Å². The number of rotatable bonds is 1. The first-order valence-electron chi connectivity index (χ1n) is 4.17. The second-order valence-corrected chi connectivity index (χ2v) is 3.35. The highest BCUT2D eigenvalue weighted by Crippen LogP contribution is 2.37. The Balaban J connectivity index is 2.45. The molecule has 1 aromatic rings. The third-order valence-electron chi connectivity index (χ3n) is 2.01. The first-order chi connectivity index (χ1) is 6.68. The van der Waals surface area contributed by atoms with E-state index < -0.39 is 6.43 Å². The summed E-state index contributed by atoms with van der Waals surface area (Å²) in [4.78, 5) is 0. The summed E-state index contributed by atoms with van der Waals surface area (Å²) >= 11 is 5.67. The van der Waals surface area contributed by atoms with Crippen LogP contribution >= 0.6 is 11.6 Å². The zero-order valence-electron chi connectivity index (χ0n) is 7.19. The van der Waals surface area contributed by atoms with Crippen molar-refractivity contribution in [2.24, 2.45) is 0 Å². The number of hydrogen-bond donors (Lipinski definition) is 1. The summed E-state index contributed by atoms with van der Waals surface area (Å²) in [6.07, 6.45) is -2.56. The van der Waals surface area contributed by atoms with Crippen molar-refractivity contribution < 1.29 is 13.5 Å². The SMILES string of the molecule is FC(F)c1cc2c(cc1Cl)OCCN2. The van der Waals surface area contributed by atoms with Gasteiger partial charge >= 0.3 is 0 Å². The lowest BCUT2D eigenvalue weighted by Gasteiger charge is -2.20. The molecule has 76 valence electrons. The molecule has 1 aliphatic heterocycles. The van der Waals surface area contributed by atoms with E-state index in [2.05, 4.69) is 5.32 Å². The summed E-state index contributed by atoms with van der Waals surface area (Å²) in [5.74, 6) is 0.533. The van der Waals surface area contributed by atoms with Gasteiger partial charge in [0.05, 0.1) is 10.7 Å². The molecule has 2 nitrogen and oxygen atoms in total. The quantitative estimate of drug-likeness (QED) is 0.784. The fraction of sp³-hybridized carbons (Fsp3) is 0.333. The van der Waals surface area contributed by atoms with E-state index in [4.69, 9.17) is 16.3 Å². The number of alkyl halides is 2. The fourth-order valence-electron chi connectivity index (χ4n) is 1.34. The fourth-order valence-corrected chi connectivity index (χ4v) is 1.58. The second-order valence-electron chi connectivity index (χ2n) is 2.95. The summed E-state index contributed by atoms with van der Waals surface area (Å²) in [6.45, 7) is 1.15. The molecular weight excluding hydrogens is 212 g/mol. The zero-order chi connectivity index (χ0) is 10.1. The van der Waals surface area contributed by atoms with Gasteiger partial charge in [0.15, 0.2) is 0 Å². The smallest absolute Gasteiger partial charge is 0.265 e. The Hall–Kier alpha value is -1.03. The average molecular weight is 220 g/mol. The van der Waals surface area contributed by atoms with E-state index in [1.54, 1.807) is 0 Å². The van der Waals surface area contributed by atoms with Gasteiger partial charge in [-0.2, -0.15) is 0 Å². The summed E-state index contributed by atoms with van der Waals surface area (Å²) in [6, 6.07) is 2.76. The second kappa shape index (κ2) is 3.61. The number of anilines is 1. The van der Waals surface area contributed by atoms with Gasteiger partial charge in [0.2, 0.25) is 0 Å². The van der Waals surface area contributed by atoms with Gasteiger partial charge in [-0.1, -0.05) is 11.6 Å². The summed E-state index contributed by atoms with van der Waals surface area (Å²) in [7, 11) is 0. The number of benzene rings is 1. The molecule has 1 N–H and O–H groups in total. The van der Waals surface area contributed by atoms with Crippen molar-refractivity contribution in [3.8, 4) is 5.75 Å². The molecule has 5 heteroatoms. The third-order valence-corrected chi connectivity index (χ3v) is 2.34. The Morgan fingerprint density at radius 2 is 2.21 bits per heavy atom. The van der Waals surface area contributed by atoms with Crippen LogP contribution in [0.15, 0.2) is 12.1 Å². The van der Waals surface area contributed by atoms with E-state index in [1.165, 1.54) is 12.1 Å². The molecule has 2 rings (SSSR count). The topological polar surface area (TPSA) is 21.3 Å². The molecule has 1 aromatic carbocycles. The van der Waals surface area contributed by atoms with Crippen LogP contribution in [0.2, 0.25) is 5.02 Å². The predicted molar refractivity (Wildman–Crippen MR) is 50.4 cm³/mol. The van der Waals surface area contributed by atoms with Gasteiger partial charge in [-0.25, -0.2) is 8.78 Å². The highest BCUT2D eigenvalue weighted by molar-refractivity contribution is 6.31. The van der Waals surface area contributed by atoms with E-state index >= 15 is 0 Å². The monoisotopic (exact) mass is 219 g/mol. The molecule has 1 aliphatic rings. The van der Waals surface area contributed by atoms with Gasteiger partial charge in [-0.15, -0.1) is 0 Å². The molecule has 0 radical (unpaired) electrons. The molecule has 0 unspecified atom stereocenters. The average Bonchev–Trinajstić information content (AvgIpc) is 2.16. The van der Waals surface area contributed by atoms with Crippen molar-refractivity contribution >= 4 is 17.3 Å². The number of halogens is 3. The van der Waals surface area contributed by atoms with Crippen molar-refractivity contribution in [2.75, 3.05) is 18.5 Å². The lowest BCUT2D eigenvalue weighted by Crippen LogP contribution is -2.18. The van der Waals surface area contributed by atoms with Crippen molar-refractivity contribution in [3.05, 3.63) is 22.7 Å². The van der Waals surface area contributed by atoms with Crippen LogP contribution in [0.3, 0.4) is 0 Å². The highest BCUT2D eigenvalue weighted by atomic mass is 35.5. The van der Waals surface area contributed by atoms with Crippen molar-refractivity contribution in [1.82, 2.24) is 0 Å². The molecule has 0 aromatic heterocycles. The largest absolute Gasteiger partial charge is 0.490 e. The zero-order valence-corrected chi connectivity index (χ0v) is 7.94. The minimum absolute atomic E-state index is 0.0439. The maximum absolute atomic E-state index is 12.4. The van der Waals surface area contributed by atoms with Gasteiger partial charge in [0, 0.05) is 18.2 Å². The normalized spacial score (nSPS) is 14.6. The Morgan fingerprint density at radius 3 is 2.93 bits per heavy atom. The predicted octanol–water partition coefficient (Wildman–Crippen LogP) is 3.08. The first-order valence-corrected chi connectivity index (χ1v) is 4.54. The van der Waals surface area contributed by atoms with Crippen molar-refractivity contribution in [2.45, 2.75) is 6.43 Å². The van der Waals surface area contributed by atoms with Crippen LogP contribution in [0, 0.1) is 0 Å². The van der Waals surface area contributed by atoms with Crippen LogP contribution in [-0.4, -0.2) is 13.2 Å². The van der Waals surface area contributed by atoms with Crippen LogP contribution in [0.4, 0.5) is 14.5 Å². The minimum Gasteiger partial charge on any atom is -0.490 e. The van der Waals surface area contributed by atoms with E-state index in [0.29, 0.717) is 24.6 Å². The van der Waals surface area contributed by atoms with Crippen LogP contribution in [0.5, 0.6) is 5.75 Å². The first kappa shape index (κ1) is 9.52. The Bertz CT molecular complexity index is 357. The Kier molecular flexibility index (Phi) is 2.46. The minimum atomic E-state index is -2.56. The molecule has 0 bridgehead atoms. The standard InChI is InChI=1S/C9H8ClF2NO/c10-6-4-8-7(13-1-2-14-8)3-5(6)9(11)12/h3-4,9,13H,1-2H2. The third kappa shape index (κ3) is 1.62. The summed E-state index contributed by atoms with van der Waals surface area (Å²) in [5.41, 5.74) is 0.416. The lowest BCUT2D eigenvalue weighted by molar-refractivity contribution is 0.151. The molecule has 0 atom stereocenters. The number of ether oxygens (including phenoxy) is 1. The molecular formula is C9H8ClF2NO. The van der Waals surface area contributed by atoms with Crippen LogP contribution in [0.25, 0.3) is 0 Å². The molecule has 0 fully saturated rings. The maximum Gasteiger partial charge on any atom is 0.265 e. The maximum atomic E-state index is 12.4. The van der Waals surface area contributed by atoms with E-state index in [-0.39, 0.29) is 10.6 Å². The van der Waals surface area contributed by atoms with E-state index in [9.17, 15) is 8.78 Å². The number of nitrogens with one attached hydrogen (secondary N) is 1. The van der Waals surface area contributed by atoms with Gasteiger partial charge in [-0.3, -0.25) is 0 Å². The Morgan fingerprint density at radius 1 is 1.43 bits per heavy atom. The highest BCUT2D eigenvalue weighted by Gasteiger charge is 2.18. The van der Waals surface area contributed by atoms with Gasteiger partial charge in [0.1, 0.15) is 12.4 Å². The van der Waals surface area contributed by atoms with Crippen LogP contribution in [0.1, 0.15) is 12.0 Å². The van der Waals surface area contributed by atoms with Crippen LogP contribution < -0.4 is 10.1 Å². The van der Waals surface area contributed by atoms with Gasteiger partial charge in [0.25, 0.3) is 6.43 Å². The van der Waals surface area contributed by atoms with Crippen molar-refractivity contribution in [1.29, 1.82) is 0 Å². The number of fused-ring (bicyclic) bond motifs is 1. The molecule has 0 saturated carbocycles.